The van der Waals surface area contributed by atoms with Gasteiger partial charge in [-0.2, -0.15) is 5.10 Å². The number of ether oxygens (including phenoxy) is 4. The predicted molar refractivity (Wildman–Crippen MR) is 129 cm³/mol. The number of piperidine rings is 1. The Morgan fingerprint density at radius 2 is 1.66 bits per heavy atom. The number of aromatic nitrogens is 3. The van der Waals surface area contributed by atoms with Gasteiger partial charge < -0.3 is 33.7 Å². The number of hydrogen-bond acceptors (Lipinski definition) is 9. The van der Waals surface area contributed by atoms with E-state index in [-0.39, 0.29) is 5.56 Å². The van der Waals surface area contributed by atoms with Crippen molar-refractivity contribution in [3.63, 3.8) is 0 Å². The molecule has 5 heterocycles. The molecule has 184 valence electrons. The molecule has 1 saturated heterocycles. The molecular formula is C25H29N5O5. The number of hydrogen-bond donors (Lipinski definition) is 1. The Morgan fingerprint density at radius 3 is 2.54 bits per heavy atom. The van der Waals surface area contributed by atoms with Gasteiger partial charge >= 0.3 is 0 Å². The van der Waals surface area contributed by atoms with Gasteiger partial charge in [0.2, 0.25) is 0 Å². The van der Waals surface area contributed by atoms with Gasteiger partial charge in [-0.05, 0) is 44.1 Å². The Morgan fingerprint density at radius 1 is 0.886 bits per heavy atom. The quantitative estimate of drug-likeness (QED) is 0.565. The maximum atomic E-state index is 12.8. The lowest BCUT2D eigenvalue weighted by Gasteiger charge is -2.32. The summed E-state index contributed by atoms with van der Waals surface area (Å²) >= 11 is 0. The first-order valence-corrected chi connectivity index (χ1v) is 12.2. The molecule has 6 rings (SSSR count). The summed E-state index contributed by atoms with van der Waals surface area (Å²) in [6.45, 7) is 6.09. The molecule has 3 aliphatic rings. The van der Waals surface area contributed by atoms with Crippen molar-refractivity contribution in [2.75, 3.05) is 46.1 Å². The second-order valence-corrected chi connectivity index (χ2v) is 9.05. The van der Waals surface area contributed by atoms with E-state index in [1.54, 1.807) is 6.07 Å². The van der Waals surface area contributed by atoms with Crippen LogP contribution in [0.4, 0.5) is 0 Å². The van der Waals surface area contributed by atoms with Gasteiger partial charge in [-0.1, -0.05) is 0 Å². The largest absolute Gasteiger partial charge is 0.486 e. The fourth-order valence-corrected chi connectivity index (χ4v) is 4.94. The van der Waals surface area contributed by atoms with Crippen molar-refractivity contribution in [3.05, 3.63) is 46.4 Å². The molecule has 0 unspecified atom stereocenters. The van der Waals surface area contributed by atoms with Crippen LogP contribution in [0.15, 0.2) is 35.1 Å². The fourth-order valence-electron chi connectivity index (χ4n) is 4.94. The first-order chi connectivity index (χ1) is 17.2. The maximum Gasteiger partial charge on any atom is 0.276 e. The highest BCUT2D eigenvalue weighted by molar-refractivity contribution is 5.87. The zero-order chi connectivity index (χ0) is 23.6. The van der Waals surface area contributed by atoms with Gasteiger partial charge in [0.05, 0.1) is 11.2 Å². The van der Waals surface area contributed by atoms with Crippen LogP contribution in [-0.2, 0) is 13.1 Å². The van der Waals surface area contributed by atoms with E-state index in [2.05, 4.69) is 20.4 Å². The van der Waals surface area contributed by atoms with Crippen molar-refractivity contribution >= 4 is 10.9 Å². The molecule has 0 radical (unpaired) electrons. The fraction of sp³-hybridized carbons (Fsp3) is 0.480. The van der Waals surface area contributed by atoms with E-state index in [0.717, 1.165) is 49.1 Å². The van der Waals surface area contributed by atoms with Crippen molar-refractivity contribution in [3.8, 4) is 23.1 Å². The number of nitrogens with one attached hydrogen (secondary N) is 1. The van der Waals surface area contributed by atoms with Crippen molar-refractivity contribution in [1.29, 1.82) is 0 Å². The summed E-state index contributed by atoms with van der Waals surface area (Å²) in [5.74, 6) is 2.52. The summed E-state index contributed by atoms with van der Waals surface area (Å²) in [5.41, 5.74) is 1.66. The summed E-state index contributed by atoms with van der Waals surface area (Å²) in [7, 11) is 0. The minimum Gasteiger partial charge on any atom is -0.486 e. The minimum absolute atomic E-state index is 0.0165. The average Bonchev–Trinajstić information content (AvgIpc) is 2.91. The average molecular weight is 480 g/mol. The van der Waals surface area contributed by atoms with Crippen molar-refractivity contribution in [2.24, 2.45) is 0 Å². The van der Waals surface area contributed by atoms with Gasteiger partial charge in [-0.3, -0.25) is 4.79 Å². The SMILES string of the molecule is O=c1ccc2ccc3c(c2n1CCN1CCC(NCc2cc4c(nn2)OCCO4)CC1)OCCO3. The van der Waals surface area contributed by atoms with Crippen LogP contribution in [-0.4, -0.2) is 71.8 Å². The van der Waals surface area contributed by atoms with Gasteiger partial charge in [0.1, 0.15) is 26.4 Å². The molecule has 0 aliphatic carbocycles. The lowest BCUT2D eigenvalue weighted by molar-refractivity contribution is 0.161. The Kier molecular flexibility index (Phi) is 6.13. The number of benzene rings is 1. The first-order valence-electron chi connectivity index (χ1n) is 12.2. The Balaban J connectivity index is 1.05. The van der Waals surface area contributed by atoms with E-state index >= 15 is 0 Å². The molecule has 3 aromatic rings. The van der Waals surface area contributed by atoms with Crippen molar-refractivity contribution in [2.45, 2.75) is 32.0 Å². The lowest BCUT2D eigenvalue weighted by Crippen LogP contribution is -2.43. The topological polar surface area (TPSA) is 100.0 Å². The highest BCUT2D eigenvalue weighted by atomic mass is 16.6. The Bertz CT molecular complexity index is 1270. The number of pyridine rings is 1. The smallest absolute Gasteiger partial charge is 0.276 e. The van der Waals surface area contributed by atoms with Crippen molar-refractivity contribution in [1.82, 2.24) is 25.0 Å². The third kappa shape index (κ3) is 4.63. The highest BCUT2D eigenvalue weighted by Gasteiger charge is 2.22. The molecule has 1 aromatic carbocycles. The van der Waals surface area contributed by atoms with Gasteiger partial charge in [0.15, 0.2) is 17.2 Å². The highest BCUT2D eigenvalue weighted by Crippen LogP contribution is 2.37. The molecule has 0 saturated carbocycles. The van der Waals surface area contributed by atoms with Crippen LogP contribution < -0.4 is 29.8 Å². The molecule has 10 heteroatoms. The monoisotopic (exact) mass is 479 g/mol. The molecule has 0 spiro atoms. The summed E-state index contributed by atoms with van der Waals surface area (Å²) < 4.78 is 24.5. The van der Waals surface area contributed by atoms with Crippen LogP contribution in [0.5, 0.6) is 23.1 Å². The Hall–Kier alpha value is -3.37. The normalized spacial score (nSPS) is 18.1. The second kappa shape index (κ2) is 9.71. The molecule has 1 N–H and O–H groups in total. The van der Waals surface area contributed by atoms with Gasteiger partial charge in [-0.15, -0.1) is 5.10 Å². The van der Waals surface area contributed by atoms with Crippen LogP contribution in [0.25, 0.3) is 10.9 Å². The Labute approximate surface area is 202 Å². The van der Waals surface area contributed by atoms with E-state index in [4.69, 9.17) is 18.9 Å². The second-order valence-electron chi connectivity index (χ2n) is 9.05. The van der Waals surface area contributed by atoms with Crippen LogP contribution in [0, 0.1) is 0 Å². The summed E-state index contributed by atoms with van der Waals surface area (Å²) in [4.78, 5) is 15.2. The lowest BCUT2D eigenvalue weighted by atomic mass is 10.0. The zero-order valence-corrected chi connectivity index (χ0v) is 19.6. The molecule has 35 heavy (non-hydrogen) atoms. The molecule has 0 atom stereocenters. The number of likely N-dealkylation sites (tertiary alicyclic amines) is 1. The van der Waals surface area contributed by atoms with E-state index < -0.39 is 0 Å². The zero-order valence-electron chi connectivity index (χ0n) is 19.6. The molecule has 2 aromatic heterocycles. The number of nitrogens with zero attached hydrogens (tertiary/aromatic N) is 4. The van der Waals surface area contributed by atoms with Gasteiger partial charge in [0.25, 0.3) is 11.4 Å². The maximum absolute atomic E-state index is 12.8. The molecule has 10 nitrogen and oxygen atoms in total. The molecule has 0 amide bonds. The van der Waals surface area contributed by atoms with Gasteiger partial charge in [0, 0.05) is 43.2 Å². The molecular weight excluding hydrogens is 450 g/mol. The predicted octanol–water partition coefficient (Wildman–Crippen LogP) is 1.59. The van der Waals surface area contributed by atoms with Crippen LogP contribution in [0.2, 0.25) is 0 Å². The van der Waals surface area contributed by atoms with Crippen LogP contribution in [0.3, 0.4) is 0 Å². The van der Waals surface area contributed by atoms with E-state index in [0.29, 0.717) is 68.7 Å². The van der Waals surface area contributed by atoms with E-state index in [9.17, 15) is 4.79 Å². The first kappa shape index (κ1) is 22.1. The summed E-state index contributed by atoms with van der Waals surface area (Å²) in [6, 6.07) is 9.71. The summed E-state index contributed by atoms with van der Waals surface area (Å²) in [6.07, 6.45) is 2.07. The third-order valence-electron chi connectivity index (χ3n) is 6.81. The van der Waals surface area contributed by atoms with Crippen molar-refractivity contribution < 1.29 is 18.9 Å². The molecule has 1 fully saturated rings. The van der Waals surface area contributed by atoms with Crippen LogP contribution in [0.1, 0.15) is 18.5 Å². The third-order valence-corrected chi connectivity index (χ3v) is 6.81. The van der Waals surface area contributed by atoms with E-state index in [1.807, 2.05) is 28.8 Å². The summed E-state index contributed by atoms with van der Waals surface area (Å²) in [5, 5.41) is 12.9. The number of rotatable bonds is 6. The number of fused-ring (bicyclic) bond motifs is 4. The minimum atomic E-state index is -0.0165. The molecule has 3 aliphatic heterocycles. The molecule has 0 bridgehead atoms. The van der Waals surface area contributed by atoms with Gasteiger partial charge in [-0.25, -0.2) is 0 Å². The van der Waals surface area contributed by atoms with Crippen LogP contribution >= 0.6 is 0 Å². The van der Waals surface area contributed by atoms with E-state index in [1.165, 1.54) is 0 Å². The standard InChI is InChI=1S/C25H29N5O5/c31-22-4-2-17-1-3-20-24(34-13-11-32-20)23(17)30(22)10-9-29-7-5-18(6-8-29)26-16-19-15-21-25(28-27-19)35-14-12-33-21/h1-4,15,18,26H,5-14,16H2.